The maximum absolute atomic E-state index is 12.7. The SMILES string of the molecule is CCCCC/C=C\C/C=C\CCCCCCCCCC(=O)OCC(COCCCCCCCC)OC(=O)CCCCCCCCC/C=C\CCCCCCCC. The monoisotopic (exact) mass is 787 g/mol. The van der Waals surface area contributed by atoms with E-state index in [9.17, 15) is 9.59 Å². The number of carbonyl (C=O) groups is 2. The molecule has 0 aromatic heterocycles. The molecule has 1 unspecified atom stereocenters. The number of carbonyl (C=O) groups excluding carboxylic acids is 2. The van der Waals surface area contributed by atoms with E-state index in [4.69, 9.17) is 14.2 Å². The number of hydrogen-bond donors (Lipinski definition) is 0. The van der Waals surface area contributed by atoms with Gasteiger partial charge in [0.05, 0.1) is 6.61 Å². The number of esters is 2. The molecule has 0 spiro atoms. The van der Waals surface area contributed by atoms with Gasteiger partial charge < -0.3 is 14.2 Å². The van der Waals surface area contributed by atoms with Crippen molar-refractivity contribution in [1.29, 1.82) is 0 Å². The van der Waals surface area contributed by atoms with E-state index in [1.807, 2.05) is 0 Å². The second-order valence-corrected chi connectivity index (χ2v) is 16.4. The lowest BCUT2D eigenvalue weighted by atomic mass is 10.1. The lowest BCUT2D eigenvalue weighted by Gasteiger charge is -2.18. The van der Waals surface area contributed by atoms with E-state index in [0.29, 0.717) is 19.4 Å². The van der Waals surface area contributed by atoms with Crippen molar-refractivity contribution >= 4 is 11.9 Å². The van der Waals surface area contributed by atoms with Crippen molar-refractivity contribution in [2.75, 3.05) is 19.8 Å². The molecule has 5 heteroatoms. The average Bonchev–Trinajstić information content (AvgIpc) is 3.20. The number of hydrogen-bond acceptors (Lipinski definition) is 5. The van der Waals surface area contributed by atoms with Gasteiger partial charge in [-0.1, -0.05) is 198 Å². The van der Waals surface area contributed by atoms with Crippen LogP contribution in [0.1, 0.15) is 252 Å². The second-order valence-electron chi connectivity index (χ2n) is 16.4. The first-order chi connectivity index (χ1) is 27.6. The van der Waals surface area contributed by atoms with Crippen LogP contribution in [0, 0.1) is 0 Å². The van der Waals surface area contributed by atoms with Crippen molar-refractivity contribution in [2.45, 2.75) is 258 Å². The number of rotatable bonds is 45. The summed E-state index contributed by atoms with van der Waals surface area (Å²) in [4.78, 5) is 25.2. The molecule has 328 valence electrons. The number of unbranched alkanes of at least 4 members (excludes halogenated alkanes) is 28. The molecule has 0 aliphatic rings. The summed E-state index contributed by atoms with van der Waals surface area (Å²) in [5, 5.41) is 0. The molecular formula is C51H94O5. The topological polar surface area (TPSA) is 61.8 Å². The van der Waals surface area contributed by atoms with Crippen LogP contribution in [0.4, 0.5) is 0 Å². The van der Waals surface area contributed by atoms with Crippen LogP contribution in [0.2, 0.25) is 0 Å². The maximum atomic E-state index is 12.7. The normalized spacial score (nSPS) is 12.4. The standard InChI is InChI=1S/C51H94O5/c1-4-7-10-13-16-18-20-22-24-26-28-30-32-34-36-38-41-44-50(52)55-48-49(47-54-46-43-40-15-12-9-6-3)56-51(53)45-42-39-37-35-33-31-29-27-25-23-21-19-17-14-11-8-5-2/h16,18,22-25,49H,4-15,17,19-21,26-48H2,1-3H3/b18-16-,24-22-,25-23-. The lowest BCUT2D eigenvalue weighted by molar-refractivity contribution is -0.163. The van der Waals surface area contributed by atoms with E-state index >= 15 is 0 Å². The van der Waals surface area contributed by atoms with Gasteiger partial charge in [-0.15, -0.1) is 0 Å². The molecule has 0 rings (SSSR count). The van der Waals surface area contributed by atoms with E-state index in [-0.39, 0.29) is 25.2 Å². The molecule has 0 amide bonds. The molecule has 0 N–H and O–H groups in total. The van der Waals surface area contributed by atoms with Crippen molar-refractivity contribution in [3.05, 3.63) is 36.5 Å². The Kier molecular flexibility index (Phi) is 45.9. The summed E-state index contributed by atoms with van der Waals surface area (Å²) in [6, 6.07) is 0. The van der Waals surface area contributed by atoms with Crippen LogP contribution in [0.5, 0.6) is 0 Å². The summed E-state index contributed by atoms with van der Waals surface area (Å²) in [6.07, 6.45) is 55.8. The first-order valence-corrected chi connectivity index (χ1v) is 24.5. The van der Waals surface area contributed by atoms with Crippen LogP contribution < -0.4 is 0 Å². The Morgan fingerprint density at radius 3 is 1.23 bits per heavy atom. The van der Waals surface area contributed by atoms with Gasteiger partial charge in [-0.05, 0) is 77.0 Å². The lowest BCUT2D eigenvalue weighted by Crippen LogP contribution is -2.30. The highest BCUT2D eigenvalue weighted by Crippen LogP contribution is 2.14. The summed E-state index contributed by atoms with van der Waals surface area (Å²) in [5.74, 6) is -0.406. The van der Waals surface area contributed by atoms with Gasteiger partial charge in [-0.3, -0.25) is 9.59 Å². The zero-order chi connectivity index (χ0) is 40.7. The predicted octanol–water partition coefficient (Wildman–Crippen LogP) is 16.2. The molecule has 1 atom stereocenters. The molecule has 0 heterocycles. The van der Waals surface area contributed by atoms with Crippen LogP contribution in [0.3, 0.4) is 0 Å². The fourth-order valence-electron chi connectivity index (χ4n) is 6.95. The average molecular weight is 787 g/mol. The highest BCUT2D eigenvalue weighted by atomic mass is 16.6. The predicted molar refractivity (Wildman–Crippen MR) is 242 cm³/mol. The van der Waals surface area contributed by atoms with Gasteiger partial charge >= 0.3 is 11.9 Å². The van der Waals surface area contributed by atoms with Gasteiger partial charge in [-0.2, -0.15) is 0 Å². The van der Waals surface area contributed by atoms with E-state index < -0.39 is 6.10 Å². The van der Waals surface area contributed by atoms with E-state index in [2.05, 4.69) is 57.2 Å². The molecule has 0 aromatic carbocycles. The van der Waals surface area contributed by atoms with Gasteiger partial charge in [0.15, 0.2) is 6.10 Å². The third kappa shape index (κ3) is 44.8. The fraction of sp³-hybridized carbons (Fsp3) is 0.843. The zero-order valence-corrected chi connectivity index (χ0v) is 37.7. The summed E-state index contributed by atoms with van der Waals surface area (Å²) < 4.78 is 17.2. The Bertz CT molecular complexity index is 893. The number of ether oxygens (including phenoxy) is 3. The van der Waals surface area contributed by atoms with Gasteiger partial charge in [0.25, 0.3) is 0 Å². The minimum absolute atomic E-state index is 0.0823. The Balaban J connectivity index is 4.09. The molecule has 0 saturated carbocycles. The Morgan fingerprint density at radius 1 is 0.393 bits per heavy atom. The van der Waals surface area contributed by atoms with Crippen LogP contribution in [0.15, 0.2) is 36.5 Å². The zero-order valence-electron chi connectivity index (χ0n) is 37.7. The molecule has 5 nitrogen and oxygen atoms in total. The molecule has 0 aromatic rings. The molecule has 0 aliphatic carbocycles. The summed E-state index contributed by atoms with van der Waals surface area (Å²) in [5.41, 5.74) is 0. The molecule has 0 aliphatic heterocycles. The minimum atomic E-state index is -0.534. The van der Waals surface area contributed by atoms with Crippen LogP contribution in [0.25, 0.3) is 0 Å². The first kappa shape index (κ1) is 54.1. The van der Waals surface area contributed by atoms with Crippen molar-refractivity contribution in [2.24, 2.45) is 0 Å². The van der Waals surface area contributed by atoms with Gasteiger partial charge in [-0.25, -0.2) is 0 Å². The van der Waals surface area contributed by atoms with Gasteiger partial charge in [0, 0.05) is 19.4 Å². The van der Waals surface area contributed by atoms with Crippen molar-refractivity contribution in [1.82, 2.24) is 0 Å². The molecule has 56 heavy (non-hydrogen) atoms. The second kappa shape index (κ2) is 47.5. The van der Waals surface area contributed by atoms with Crippen molar-refractivity contribution in [3.63, 3.8) is 0 Å². The van der Waals surface area contributed by atoms with Crippen LogP contribution in [-0.2, 0) is 23.8 Å². The number of allylic oxidation sites excluding steroid dienone is 6. The van der Waals surface area contributed by atoms with Crippen LogP contribution in [-0.4, -0.2) is 37.9 Å². The third-order valence-corrected chi connectivity index (χ3v) is 10.6. The minimum Gasteiger partial charge on any atom is -0.462 e. The van der Waals surface area contributed by atoms with E-state index in [0.717, 1.165) is 51.4 Å². The fourth-order valence-corrected chi connectivity index (χ4v) is 6.95. The highest BCUT2D eigenvalue weighted by molar-refractivity contribution is 5.70. The van der Waals surface area contributed by atoms with E-state index in [1.54, 1.807) is 0 Å². The van der Waals surface area contributed by atoms with Crippen molar-refractivity contribution < 1.29 is 23.8 Å². The molecular weight excluding hydrogens is 693 g/mol. The van der Waals surface area contributed by atoms with Crippen molar-refractivity contribution in [3.8, 4) is 0 Å². The largest absolute Gasteiger partial charge is 0.462 e. The van der Waals surface area contributed by atoms with Gasteiger partial charge in [0.2, 0.25) is 0 Å². The Labute approximate surface area is 349 Å². The summed E-state index contributed by atoms with van der Waals surface area (Å²) in [6.45, 7) is 7.77. The molecule has 0 radical (unpaired) electrons. The quantitative estimate of drug-likeness (QED) is 0.0349. The van der Waals surface area contributed by atoms with E-state index in [1.165, 1.54) is 167 Å². The Morgan fingerprint density at radius 2 is 0.750 bits per heavy atom. The molecule has 0 fully saturated rings. The Hall–Kier alpha value is -1.88. The smallest absolute Gasteiger partial charge is 0.306 e. The van der Waals surface area contributed by atoms with Crippen LogP contribution >= 0.6 is 0 Å². The summed E-state index contributed by atoms with van der Waals surface area (Å²) in [7, 11) is 0. The maximum Gasteiger partial charge on any atom is 0.306 e. The highest BCUT2D eigenvalue weighted by Gasteiger charge is 2.17. The molecule has 0 bridgehead atoms. The van der Waals surface area contributed by atoms with Gasteiger partial charge in [0.1, 0.15) is 6.61 Å². The first-order valence-electron chi connectivity index (χ1n) is 24.5. The molecule has 0 saturated heterocycles. The summed E-state index contributed by atoms with van der Waals surface area (Å²) >= 11 is 0. The third-order valence-electron chi connectivity index (χ3n) is 10.6.